The van der Waals surface area contributed by atoms with Gasteiger partial charge in [0.2, 0.25) is 11.7 Å². The molecule has 0 aliphatic heterocycles. The zero-order chi connectivity index (χ0) is 13.0. The van der Waals surface area contributed by atoms with Crippen LogP contribution in [0.3, 0.4) is 0 Å². The highest BCUT2D eigenvalue weighted by Gasteiger charge is 2.29. The summed E-state index contributed by atoms with van der Waals surface area (Å²) in [4.78, 5) is 16.7. The Morgan fingerprint density at radius 1 is 1.11 bits per heavy atom. The summed E-state index contributed by atoms with van der Waals surface area (Å²) in [6.45, 7) is 3.63. The molecular weight excluding hydrogens is 238 g/mol. The number of fused-ring (bicyclic) bond motifs is 2. The predicted octanol–water partition coefficient (Wildman–Crippen LogP) is 3.68. The van der Waals surface area contributed by atoms with Gasteiger partial charge in [0.05, 0.1) is 0 Å². The number of oxazole rings is 1. The molecule has 0 atom stereocenters. The maximum absolute atomic E-state index is 12.5. The van der Waals surface area contributed by atoms with Crippen LogP contribution >= 0.6 is 0 Å². The standard InChI is InChI=1S/C16H9NO2/c1-2-12-17-14-15(18)10-7-3-5-9-6-4-8-11(13(9)10)16(14)19-12/h2-8H,1H2. The Labute approximate surface area is 109 Å². The third-order valence-electron chi connectivity index (χ3n) is 3.43. The molecule has 3 nitrogen and oxygen atoms in total. The Hall–Kier alpha value is -2.68. The van der Waals surface area contributed by atoms with Gasteiger partial charge >= 0.3 is 0 Å². The van der Waals surface area contributed by atoms with E-state index >= 15 is 0 Å². The molecule has 0 unspecified atom stereocenters. The van der Waals surface area contributed by atoms with E-state index in [1.807, 2.05) is 36.4 Å². The summed E-state index contributed by atoms with van der Waals surface area (Å²) in [7, 11) is 0. The Kier molecular flexibility index (Phi) is 1.85. The van der Waals surface area contributed by atoms with Crippen LogP contribution in [-0.4, -0.2) is 10.8 Å². The van der Waals surface area contributed by atoms with Crippen molar-refractivity contribution in [1.29, 1.82) is 0 Å². The van der Waals surface area contributed by atoms with Crippen LogP contribution in [0.15, 0.2) is 47.4 Å². The van der Waals surface area contributed by atoms with Crippen molar-refractivity contribution in [3.8, 4) is 11.3 Å². The molecule has 1 heterocycles. The molecule has 1 aliphatic rings. The molecule has 1 aromatic heterocycles. The normalized spacial score (nSPS) is 12.5. The largest absolute Gasteiger partial charge is 0.436 e. The van der Waals surface area contributed by atoms with E-state index in [1.165, 1.54) is 6.08 Å². The fraction of sp³-hybridized carbons (Fsp3) is 0. The van der Waals surface area contributed by atoms with Gasteiger partial charge in [-0.15, -0.1) is 0 Å². The maximum atomic E-state index is 12.5. The van der Waals surface area contributed by atoms with Gasteiger partial charge in [0.25, 0.3) is 0 Å². The lowest BCUT2D eigenvalue weighted by Crippen LogP contribution is -2.09. The molecule has 90 valence electrons. The topological polar surface area (TPSA) is 43.1 Å². The number of hydrogen-bond donors (Lipinski definition) is 0. The minimum absolute atomic E-state index is 0.0869. The molecule has 2 aromatic carbocycles. The fourth-order valence-electron chi connectivity index (χ4n) is 2.61. The number of carbonyl (C=O) groups is 1. The number of carbonyl (C=O) groups excluding carboxylic acids is 1. The highest BCUT2D eigenvalue weighted by Crippen LogP contribution is 2.39. The summed E-state index contributed by atoms with van der Waals surface area (Å²) < 4.78 is 5.62. The highest BCUT2D eigenvalue weighted by molar-refractivity contribution is 6.24. The molecular formula is C16H9NO2. The van der Waals surface area contributed by atoms with E-state index in [1.54, 1.807) is 0 Å². The SMILES string of the molecule is C=Cc1nc2c(o1)-c1cccc3cccc(c13)C2=O. The lowest BCUT2D eigenvalue weighted by atomic mass is 9.89. The van der Waals surface area contributed by atoms with Crippen LogP contribution in [0.5, 0.6) is 0 Å². The smallest absolute Gasteiger partial charge is 0.219 e. The van der Waals surface area contributed by atoms with E-state index in [2.05, 4.69) is 11.6 Å². The summed E-state index contributed by atoms with van der Waals surface area (Å²) in [6, 6.07) is 11.6. The average molecular weight is 247 g/mol. The second-order valence-corrected chi connectivity index (χ2v) is 4.47. The van der Waals surface area contributed by atoms with Crippen molar-refractivity contribution in [2.24, 2.45) is 0 Å². The summed E-state index contributed by atoms with van der Waals surface area (Å²) in [5.74, 6) is 0.837. The molecule has 1 aliphatic carbocycles. The highest BCUT2D eigenvalue weighted by atomic mass is 16.4. The fourth-order valence-corrected chi connectivity index (χ4v) is 2.61. The van der Waals surface area contributed by atoms with Gasteiger partial charge in [-0.05, 0) is 11.5 Å². The van der Waals surface area contributed by atoms with Gasteiger partial charge in [0.1, 0.15) is 0 Å². The van der Waals surface area contributed by atoms with Crippen LogP contribution < -0.4 is 0 Å². The number of ketones is 1. The van der Waals surface area contributed by atoms with Gasteiger partial charge in [-0.3, -0.25) is 4.79 Å². The van der Waals surface area contributed by atoms with Gasteiger partial charge < -0.3 is 4.42 Å². The van der Waals surface area contributed by atoms with Gasteiger partial charge in [0.15, 0.2) is 11.5 Å². The number of hydrogen-bond acceptors (Lipinski definition) is 3. The van der Waals surface area contributed by atoms with E-state index in [4.69, 9.17) is 4.42 Å². The predicted molar refractivity (Wildman–Crippen MR) is 73.0 cm³/mol. The van der Waals surface area contributed by atoms with E-state index in [0.29, 0.717) is 22.9 Å². The molecule has 3 heteroatoms. The zero-order valence-corrected chi connectivity index (χ0v) is 10.0. The van der Waals surface area contributed by atoms with Crippen molar-refractivity contribution in [2.75, 3.05) is 0 Å². The first kappa shape index (κ1) is 10.3. The molecule has 0 fully saturated rings. The Morgan fingerprint density at radius 3 is 2.58 bits per heavy atom. The molecule has 0 radical (unpaired) electrons. The van der Waals surface area contributed by atoms with Crippen molar-refractivity contribution in [3.05, 3.63) is 60.1 Å². The van der Waals surface area contributed by atoms with Crippen LogP contribution in [0.2, 0.25) is 0 Å². The minimum Gasteiger partial charge on any atom is -0.436 e. The monoisotopic (exact) mass is 247 g/mol. The molecule has 4 rings (SSSR count). The van der Waals surface area contributed by atoms with Crippen LogP contribution in [0.25, 0.3) is 28.2 Å². The number of aromatic nitrogens is 1. The lowest BCUT2D eigenvalue weighted by Gasteiger charge is -2.14. The minimum atomic E-state index is -0.0869. The first-order valence-corrected chi connectivity index (χ1v) is 5.99. The van der Waals surface area contributed by atoms with Crippen molar-refractivity contribution in [2.45, 2.75) is 0 Å². The summed E-state index contributed by atoms with van der Waals surface area (Å²) in [6.07, 6.45) is 1.51. The van der Waals surface area contributed by atoms with Gasteiger partial charge in [-0.1, -0.05) is 43.0 Å². The molecule has 0 N–H and O–H groups in total. The van der Waals surface area contributed by atoms with E-state index in [9.17, 15) is 4.79 Å². The van der Waals surface area contributed by atoms with E-state index < -0.39 is 0 Å². The Morgan fingerprint density at radius 2 is 1.84 bits per heavy atom. The van der Waals surface area contributed by atoms with Gasteiger partial charge in [-0.25, -0.2) is 4.98 Å². The number of rotatable bonds is 1. The summed E-state index contributed by atoms with van der Waals surface area (Å²) >= 11 is 0. The zero-order valence-electron chi connectivity index (χ0n) is 10.0. The summed E-state index contributed by atoms with van der Waals surface area (Å²) in [5, 5.41) is 1.97. The van der Waals surface area contributed by atoms with Crippen molar-refractivity contribution < 1.29 is 9.21 Å². The van der Waals surface area contributed by atoms with Crippen LogP contribution in [0.4, 0.5) is 0 Å². The van der Waals surface area contributed by atoms with Crippen LogP contribution in [0.1, 0.15) is 21.9 Å². The average Bonchev–Trinajstić information content (AvgIpc) is 2.89. The lowest BCUT2D eigenvalue weighted by molar-refractivity contribution is 0.103. The second kappa shape index (κ2) is 3.42. The van der Waals surface area contributed by atoms with Crippen molar-refractivity contribution >= 4 is 22.6 Å². The third-order valence-corrected chi connectivity index (χ3v) is 3.43. The van der Waals surface area contributed by atoms with Gasteiger partial charge in [-0.2, -0.15) is 0 Å². The molecule has 0 bridgehead atoms. The third kappa shape index (κ3) is 1.21. The van der Waals surface area contributed by atoms with Gasteiger partial charge in [0, 0.05) is 16.5 Å². The summed E-state index contributed by atoms with van der Waals surface area (Å²) in [5.41, 5.74) is 1.98. The Bertz CT molecular complexity index is 853. The molecule has 19 heavy (non-hydrogen) atoms. The first-order chi connectivity index (χ1) is 9.29. The van der Waals surface area contributed by atoms with E-state index in [-0.39, 0.29) is 5.78 Å². The van der Waals surface area contributed by atoms with Crippen molar-refractivity contribution in [1.82, 2.24) is 4.98 Å². The maximum Gasteiger partial charge on any atom is 0.219 e. The second-order valence-electron chi connectivity index (χ2n) is 4.47. The van der Waals surface area contributed by atoms with Crippen LogP contribution in [0, 0.1) is 0 Å². The first-order valence-electron chi connectivity index (χ1n) is 5.99. The van der Waals surface area contributed by atoms with E-state index in [0.717, 1.165) is 16.3 Å². The molecule has 0 amide bonds. The quantitative estimate of drug-likeness (QED) is 0.515. The number of nitrogens with zero attached hydrogens (tertiary/aromatic N) is 1. The number of benzene rings is 2. The Balaban J connectivity index is 2.22. The molecule has 3 aromatic rings. The molecule has 0 saturated heterocycles. The van der Waals surface area contributed by atoms with Crippen LogP contribution in [-0.2, 0) is 0 Å². The molecule has 0 saturated carbocycles. The van der Waals surface area contributed by atoms with Crippen molar-refractivity contribution in [3.63, 3.8) is 0 Å². The molecule has 0 spiro atoms.